The summed E-state index contributed by atoms with van der Waals surface area (Å²) in [4.78, 5) is 29.7. The molecule has 0 unspecified atom stereocenters. The van der Waals surface area contributed by atoms with Crippen LogP contribution in [0.4, 0.5) is 0 Å². The highest BCUT2D eigenvalue weighted by Gasteiger charge is 2.04. The summed E-state index contributed by atoms with van der Waals surface area (Å²) in [6.45, 7) is 1.53. The summed E-state index contributed by atoms with van der Waals surface area (Å²) < 4.78 is 3.90. The molecular formula is C5H6O4. The van der Waals surface area contributed by atoms with E-state index in [1.54, 1.807) is 0 Å². The lowest BCUT2D eigenvalue weighted by molar-refractivity contribution is -0.161. The van der Waals surface area contributed by atoms with E-state index in [4.69, 9.17) is 0 Å². The van der Waals surface area contributed by atoms with Crippen molar-refractivity contribution in [2.24, 2.45) is 0 Å². The molecule has 0 saturated heterocycles. The Morgan fingerprint density at radius 2 is 2.11 bits per heavy atom. The quantitative estimate of drug-likeness (QED) is 0.222. The molecule has 0 aliphatic carbocycles. The topological polar surface area (TPSA) is 60.4 Å². The maximum atomic E-state index is 10.2. The van der Waals surface area contributed by atoms with Gasteiger partial charge in [0.1, 0.15) is 0 Å². The normalized spacial score (nSPS) is 8.11. The Labute approximate surface area is 51.8 Å². The van der Waals surface area contributed by atoms with Crippen molar-refractivity contribution in [3.63, 3.8) is 0 Å². The fourth-order valence-corrected chi connectivity index (χ4v) is 0.208. The Morgan fingerprint density at radius 3 is 2.44 bits per heavy atom. The molecule has 4 nitrogen and oxygen atoms in total. The SMILES string of the molecule is CCC(=O)OC(=O)C=O. The Hall–Kier alpha value is -1.19. The fraction of sp³-hybridized carbons (Fsp3) is 0.400. The Bertz CT molecular complexity index is 138. The van der Waals surface area contributed by atoms with E-state index in [-0.39, 0.29) is 12.7 Å². The number of hydrogen-bond donors (Lipinski definition) is 0. The van der Waals surface area contributed by atoms with Crippen molar-refractivity contribution in [3.8, 4) is 0 Å². The summed E-state index contributed by atoms with van der Waals surface area (Å²) in [5.74, 6) is -1.83. The first-order valence-corrected chi connectivity index (χ1v) is 2.40. The van der Waals surface area contributed by atoms with E-state index in [0.717, 1.165) is 0 Å². The van der Waals surface area contributed by atoms with Gasteiger partial charge in [-0.2, -0.15) is 0 Å². The zero-order chi connectivity index (χ0) is 7.28. The molecule has 0 fully saturated rings. The summed E-state index contributed by atoms with van der Waals surface area (Å²) in [5, 5.41) is 0. The highest BCUT2D eigenvalue weighted by Crippen LogP contribution is 1.82. The molecule has 0 radical (unpaired) electrons. The minimum absolute atomic E-state index is 0.0481. The second kappa shape index (κ2) is 3.77. The molecule has 9 heavy (non-hydrogen) atoms. The maximum Gasteiger partial charge on any atom is 0.378 e. The Kier molecular flexibility index (Phi) is 3.27. The van der Waals surface area contributed by atoms with Crippen LogP contribution in [0.1, 0.15) is 13.3 Å². The summed E-state index contributed by atoms with van der Waals surface area (Å²) >= 11 is 0. The second-order valence-electron chi connectivity index (χ2n) is 1.26. The zero-order valence-corrected chi connectivity index (χ0v) is 4.92. The third-order valence-corrected chi connectivity index (χ3v) is 0.599. The molecule has 50 valence electrons. The van der Waals surface area contributed by atoms with Crippen LogP contribution in [0.2, 0.25) is 0 Å². The first kappa shape index (κ1) is 7.81. The molecule has 4 heteroatoms. The van der Waals surface area contributed by atoms with E-state index in [2.05, 4.69) is 4.74 Å². The molecule has 0 atom stereocenters. The minimum atomic E-state index is -1.14. The lowest BCUT2D eigenvalue weighted by atomic mass is 10.5. The van der Waals surface area contributed by atoms with Crippen LogP contribution in [-0.2, 0) is 19.1 Å². The predicted molar refractivity (Wildman–Crippen MR) is 27.5 cm³/mol. The molecule has 0 aliphatic rings. The molecule has 0 bridgehead atoms. The van der Waals surface area contributed by atoms with Gasteiger partial charge < -0.3 is 4.74 Å². The molecule has 0 N–H and O–H groups in total. The summed E-state index contributed by atoms with van der Waals surface area (Å²) in [6.07, 6.45) is 0.0488. The van der Waals surface area contributed by atoms with Crippen LogP contribution in [0.3, 0.4) is 0 Å². The summed E-state index contributed by atoms with van der Waals surface area (Å²) in [7, 11) is 0. The summed E-state index contributed by atoms with van der Waals surface area (Å²) in [6, 6.07) is 0. The number of esters is 2. The Balaban J connectivity index is 3.59. The van der Waals surface area contributed by atoms with E-state index < -0.39 is 11.9 Å². The molecular weight excluding hydrogens is 124 g/mol. The number of ether oxygens (including phenoxy) is 1. The van der Waals surface area contributed by atoms with Gasteiger partial charge in [-0.1, -0.05) is 6.92 Å². The number of aldehydes is 1. The highest BCUT2D eigenvalue weighted by atomic mass is 16.6. The monoisotopic (exact) mass is 130 g/mol. The molecule has 0 aromatic heterocycles. The Morgan fingerprint density at radius 1 is 1.56 bits per heavy atom. The average molecular weight is 130 g/mol. The van der Waals surface area contributed by atoms with Gasteiger partial charge >= 0.3 is 11.9 Å². The van der Waals surface area contributed by atoms with Gasteiger partial charge in [-0.05, 0) is 0 Å². The molecule has 0 heterocycles. The number of carbonyl (C=O) groups is 3. The number of hydrogen-bond acceptors (Lipinski definition) is 4. The largest absolute Gasteiger partial charge is 0.387 e. The number of rotatable bonds is 2. The molecule has 0 aromatic rings. The molecule has 0 aliphatic heterocycles. The van der Waals surface area contributed by atoms with Crippen molar-refractivity contribution in [3.05, 3.63) is 0 Å². The summed E-state index contributed by atoms with van der Waals surface area (Å²) in [5.41, 5.74) is 0. The van der Waals surface area contributed by atoms with Crippen molar-refractivity contribution in [2.75, 3.05) is 0 Å². The molecule has 0 spiro atoms. The average Bonchev–Trinajstić information content (AvgIpc) is 1.87. The van der Waals surface area contributed by atoms with Gasteiger partial charge in [0.25, 0.3) is 0 Å². The molecule has 0 amide bonds. The van der Waals surface area contributed by atoms with E-state index >= 15 is 0 Å². The van der Waals surface area contributed by atoms with Gasteiger partial charge in [0.05, 0.1) is 0 Å². The van der Waals surface area contributed by atoms with E-state index in [0.29, 0.717) is 0 Å². The minimum Gasteiger partial charge on any atom is -0.387 e. The third kappa shape index (κ3) is 3.40. The van der Waals surface area contributed by atoms with Crippen molar-refractivity contribution in [1.29, 1.82) is 0 Å². The maximum absolute atomic E-state index is 10.2. The molecule has 0 aromatic carbocycles. The van der Waals surface area contributed by atoms with Crippen molar-refractivity contribution in [1.82, 2.24) is 0 Å². The van der Waals surface area contributed by atoms with Crippen LogP contribution in [-0.4, -0.2) is 18.2 Å². The van der Waals surface area contributed by atoms with Crippen LogP contribution < -0.4 is 0 Å². The van der Waals surface area contributed by atoms with Crippen LogP contribution >= 0.6 is 0 Å². The first-order chi connectivity index (χ1) is 4.20. The number of carbonyl (C=O) groups excluding carboxylic acids is 3. The first-order valence-electron chi connectivity index (χ1n) is 2.40. The van der Waals surface area contributed by atoms with Gasteiger partial charge in [0.2, 0.25) is 6.29 Å². The van der Waals surface area contributed by atoms with Crippen molar-refractivity contribution < 1.29 is 19.1 Å². The standard InChI is InChI=1S/C5H6O4/c1-2-4(7)9-5(8)3-6/h3H,2H2,1H3. The van der Waals surface area contributed by atoms with Crippen LogP contribution in [0.25, 0.3) is 0 Å². The molecule has 0 saturated carbocycles. The predicted octanol–water partition coefficient (Wildman–Crippen LogP) is -0.335. The van der Waals surface area contributed by atoms with Gasteiger partial charge in [0, 0.05) is 6.42 Å². The smallest absolute Gasteiger partial charge is 0.378 e. The van der Waals surface area contributed by atoms with Gasteiger partial charge in [-0.15, -0.1) is 0 Å². The third-order valence-electron chi connectivity index (χ3n) is 0.599. The van der Waals surface area contributed by atoms with Crippen LogP contribution in [0.15, 0.2) is 0 Å². The van der Waals surface area contributed by atoms with Crippen LogP contribution in [0, 0.1) is 0 Å². The van der Waals surface area contributed by atoms with Crippen molar-refractivity contribution in [2.45, 2.75) is 13.3 Å². The van der Waals surface area contributed by atoms with E-state index in [9.17, 15) is 14.4 Å². The zero-order valence-electron chi connectivity index (χ0n) is 4.92. The van der Waals surface area contributed by atoms with Crippen molar-refractivity contribution >= 4 is 18.2 Å². The van der Waals surface area contributed by atoms with Gasteiger partial charge in [-0.25, -0.2) is 4.79 Å². The van der Waals surface area contributed by atoms with Gasteiger partial charge in [0.15, 0.2) is 0 Å². The molecule has 0 rings (SSSR count). The van der Waals surface area contributed by atoms with E-state index in [1.807, 2.05) is 0 Å². The fourth-order valence-electron chi connectivity index (χ4n) is 0.208. The second-order valence-corrected chi connectivity index (χ2v) is 1.26. The van der Waals surface area contributed by atoms with E-state index in [1.165, 1.54) is 6.92 Å². The lowest BCUT2D eigenvalue weighted by Gasteiger charge is -1.91. The van der Waals surface area contributed by atoms with Crippen LogP contribution in [0.5, 0.6) is 0 Å². The highest BCUT2D eigenvalue weighted by molar-refractivity contribution is 6.22. The van der Waals surface area contributed by atoms with Gasteiger partial charge in [-0.3, -0.25) is 9.59 Å². The lowest BCUT2D eigenvalue weighted by Crippen LogP contribution is -2.11.